The number of hydrogen-bond donors (Lipinski definition) is 1. The van der Waals surface area contributed by atoms with Crippen molar-refractivity contribution in [1.29, 1.82) is 0 Å². The molecule has 4 heteroatoms. The van der Waals surface area contributed by atoms with Crippen molar-refractivity contribution in [2.45, 2.75) is 44.4 Å². The quantitative estimate of drug-likeness (QED) is 0.746. The molecule has 0 saturated heterocycles. The first-order chi connectivity index (χ1) is 5.92. The molecule has 2 unspecified atom stereocenters. The predicted octanol–water partition coefficient (Wildman–Crippen LogP) is 0.937. The molecule has 1 aliphatic carbocycles. The number of rotatable bonds is 3. The summed E-state index contributed by atoms with van der Waals surface area (Å²) in [6, 6.07) is 0.229. The van der Waals surface area contributed by atoms with E-state index in [1.165, 1.54) is 0 Å². The van der Waals surface area contributed by atoms with Gasteiger partial charge >= 0.3 is 0 Å². The summed E-state index contributed by atoms with van der Waals surface area (Å²) in [4.78, 5) is 0. The van der Waals surface area contributed by atoms with E-state index in [1.54, 1.807) is 13.8 Å². The number of sulfone groups is 1. The van der Waals surface area contributed by atoms with Crippen molar-refractivity contribution in [3.63, 3.8) is 0 Å². The maximum Gasteiger partial charge on any atom is 0.152 e. The van der Waals surface area contributed by atoms with Crippen LogP contribution in [0.25, 0.3) is 0 Å². The van der Waals surface area contributed by atoms with Crippen molar-refractivity contribution < 1.29 is 8.42 Å². The zero-order valence-electron chi connectivity index (χ0n) is 8.36. The molecule has 0 aromatic rings. The number of hydrogen-bond acceptors (Lipinski definition) is 3. The van der Waals surface area contributed by atoms with Gasteiger partial charge in [0.25, 0.3) is 0 Å². The van der Waals surface area contributed by atoms with Gasteiger partial charge in [-0.25, -0.2) is 8.42 Å². The molecule has 2 N–H and O–H groups in total. The van der Waals surface area contributed by atoms with Gasteiger partial charge in [-0.15, -0.1) is 0 Å². The van der Waals surface area contributed by atoms with Gasteiger partial charge in [0.2, 0.25) is 0 Å². The second-order valence-electron chi connectivity index (χ2n) is 4.32. The average Bonchev–Trinajstić information content (AvgIpc) is 2.34. The lowest BCUT2D eigenvalue weighted by Crippen LogP contribution is -2.23. The SMILES string of the molecule is CC(C)S(=O)(=O)CC1CCC(N)C1. The van der Waals surface area contributed by atoms with Gasteiger partial charge in [0.1, 0.15) is 0 Å². The molecule has 3 nitrogen and oxygen atoms in total. The summed E-state index contributed by atoms with van der Waals surface area (Å²) in [5.74, 6) is 0.639. The molecule has 0 bridgehead atoms. The maximum atomic E-state index is 11.6. The third-order valence-electron chi connectivity index (χ3n) is 2.77. The molecule has 1 saturated carbocycles. The van der Waals surface area contributed by atoms with Crippen LogP contribution in [0.15, 0.2) is 0 Å². The summed E-state index contributed by atoms with van der Waals surface area (Å²) < 4.78 is 23.1. The van der Waals surface area contributed by atoms with Gasteiger partial charge in [-0.1, -0.05) is 0 Å². The lowest BCUT2D eigenvalue weighted by atomic mass is 10.1. The summed E-state index contributed by atoms with van der Waals surface area (Å²) in [6.07, 6.45) is 2.84. The molecular weight excluding hydrogens is 186 g/mol. The summed E-state index contributed by atoms with van der Waals surface area (Å²) in [5.41, 5.74) is 5.73. The minimum Gasteiger partial charge on any atom is -0.328 e. The Labute approximate surface area is 80.6 Å². The highest BCUT2D eigenvalue weighted by atomic mass is 32.2. The van der Waals surface area contributed by atoms with E-state index in [0.717, 1.165) is 19.3 Å². The first-order valence-corrected chi connectivity index (χ1v) is 6.60. The molecule has 0 amide bonds. The lowest BCUT2D eigenvalue weighted by Gasteiger charge is -2.12. The van der Waals surface area contributed by atoms with Gasteiger partial charge in [0.05, 0.1) is 11.0 Å². The van der Waals surface area contributed by atoms with Crippen LogP contribution in [0.1, 0.15) is 33.1 Å². The minimum absolute atomic E-state index is 0.229. The van der Waals surface area contributed by atoms with E-state index in [9.17, 15) is 8.42 Å². The fourth-order valence-corrected chi connectivity index (χ4v) is 3.13. The van der Waals surface area contributed by atoms with Crippen LogP contribution in [-0.4, -0.2) is 25.5 Å². The van der Waals surface area contributed by atoms with Gasteiger partial charge in [-0.05, 0) is 39.0 Å². The monoisotopic (exact) mass is 205 g/mol. The zero-order valence-corrected chi connectivity index (χ0v) is 9.18. The Morgan fingerprint density at radius 1 is 1.38 bits per heavy atom. The van der Waals surface area contributed by atoms with Gasteiger partial charge in [0, 0.05) is 6.04 Å². The summed E-state index contributed by atoms with van der Waals surface area (Å²) >= 11 is 0. The second kappa shape index (κ2) is 3.96. The third kappa shape index (κ3) is 2.95. The van der Waals surface area contributed by atoms with Crippen LogP contribution in [0.4, 0.5) is 0 Å². The van der Waals surface area contributed by atoms with Crippen molar-refractivity contribution in [3.8, 4) is 0 Å². The predicted molar refractivity (Wildman–Crippen MR) is 54.2 cm³/mol. The van der Waals surface area contributed by atoms with Crippen LogP contribution >= 0.6 is 0 Å². The first kappa shape index (κ1) is 11.0. The summed E-state index contributed by atoms with van der Waals surface area (Å²) in [5, 5.41) is -0.246. The van der Waals surface area contributed by atoms with E-state index < -0.39 is 9.84 Å². The Morgan fingerprint density at radius 2 is 2.00 bits per heavy atom. The van der Waals surface area contributed by atoms with Gasteiger partial charge < -0.3 is 5.73 Å². The second-order valence-corrected chi connectivity index (χ2v) is 6.92. The van der Waals surface area contributed by atoms with Crippen LogP contribution < -0.4 is 5.73 Å². The fraction of sp³-hybridized carbons (Fsp3) is 1.00. The first-order valence-electron chi connectivity index (χ1n) is 4.89. The Kier molecular flexibility index (Phi) is 3.35. The normalized spacial score (nSPS) is 29.8. The van der Waals surface area contributed by atoms with E-state index in [4.69, 9.17) is 5.73 Å². The molecule has 0 aromatic heterocycles. The van der Waals surface area contributed by atoms with Crippen LogP contribution in [0.3, 0.4) is 0 Å². The standard InChI is InChI=1S/C9H19NO2S/c1-7(2)13(11,12)6-8-3-4-9(10)5-8/h7-9H,3-6,10H2,1-2H3. The van der Waals surface area contributed by atoms with Crippen LogP contribution in [0.2, 0.25) is 0 Å². The highest BCUT2D eigenvalue weighted by Gasteiger charge is 2.28. The molecule has 78 valence electrons. The molecule has 0 radical (unpaired) electrons. The maximum absolute atomic E-state index is 11.6. The van der Waals surface area contributed by atoms with Gasteiger partial charge in [0.15, 0.2) is 9.84 Å². The summed E-state index contributed by atoms with van der Waals surface area (Å²) in [7, 11) is -2.86. The van der Waals surface area contributed by atoms with Gasteiger partial charge in [-0.3, -0.25) is 0 Å². The molecule has 1 aliphatic rings. The molecule has 1 fully saturated rings. The van der Waals surface area contributed by atoms with Crippen molar-refractivity contribution >= 4 is 9.84 Å². The minimum atomic E-state index is -2.86. The van der Waals surface area contributed by atoms with E-state index in [1.807, 2.05) is 0 Å². The molecule has 0 aromatic carbocycles. The lowest BCUT2D eigenvalue weighted by molar-refractivity contribution is 0.547. The summed E-state index contributed by atoms with van der Waals surface area (Å²) in [6.45, 7) is 3.48. The van der Waals surface area contributed by atoms with Crippen LogP contribution in [-0.2, 0) is 9.84 Å². The Balaban J connectivity index is 2.50. The van der Waals surface area contributed by atoms with E-state index in [-0.39, 0.29) is 11.3 Å². The number of nitrogens with two attached hydrogens (primary N) is 1. The third-order valence-corrected chi connectivity index (χ3v) is 5.14. The zero-order chi connectivity index (χ0) is 10.1. The molecule has 13 heavy (non-hydrogen) atoms. The van der Waals surface area contributed by atoms with Crippen molar-refractivity contribution in [2.75, 3.05) is 5.75 Å². The molecular formula is C9H19NO2S. The molecule has 0 aliphatic heterocycles. The van der Waals surface area contributed by atoms with Crippen molar-refractivity contribution in [1.82, 2.24) is 0 Å². The van der Waals surface area contributed by atoms with Gasteiger partial charge in [-0.2, -0.15) is 0 Å². The molecule has 0 spiro atoms. The molecule has 2 atom stereocenters. The van der Waals surface area contributed by atoms with Crippen LogP contribution in [0, 0.1) is 5.92 Å². The largest absolute Gasteiger partial charge is 0.328 e. The van der Waals surface area contributed by atoms with E-state index in [2.05, 4.69) is 0 Å². The topological polar surface area (TPSA) is 60.2 Å². The highest BCUT2D eigenvalue weighted by Crippen LogP contribution is 2.26. The van der Waals surface area contributed by atoms with E-state index in [0.29, 0.717) is 11.7 Å². The Morgan fingerprint density at radius 3 is 2.38 bits per heavy atom. The van der Waals surface area contributed by atoms with Crippen molar-refractivity contribution in [2.24, 2.45) is 11.7 Å². The Bertz CT molecular complexity index is 259. The highest BCUT2D eigenvalue weighted by molar-refractivity contribution is 7.91. The fourth-order valence-electron chi connectivity index (χ4n) is 1.79. The Hall–Kier alpha value is -0.0900. The van der Waals surface area contributed by atoms with Crippen LogP contribution in [0.5, 0.6) is 0 Å². The smallest absolute Gasteiger partial charge is 0.152 e. The molecule has 1 rings (SSSR count). The average molecular weight is 205 g/mol. The van der Waals surface area contributed by atoms with E-state index >= 15 is 0 Å². The molecule has 0 heterocycles. The van der Waals surface area contributed by atoms with Crippen molar-refractivity contribution in [3.05, 3.63) is 0 Å².